The first-order valence-electron chi connectivity index (χ1n) is 4.93. The summed E-state index contributed by atoms with van der Waals surface area (Å²) in [4.78, 5) is 23.6. The number of carbonyl (C=O) groups is 1. The molecule has 0 N–H and O–H groups in total. The third-order valence-corrected chi connectivity index (χ3v) is 2.47. The van der Waals surface area contributed by atoms with Crippen LogP contribution in [0.15, 0.2) is 45.6 Å². The van der Waals surface area contributed by atoms with Crippen LogP contribution in [0.2, 0.25) is 0 Å². The zero-order valence-corrected chi connectivity index (χ0v) is 9.86. The van der Waals surface area contributed by atoms with Crippen molar-refractivity contribution in [2.24, 2.45) is 0 Å². The molecule has 0 aliphatic carbocycles. The van der Waals surface area contributed by atoms with Crippen molar-refractivity contribution < 1.29 is 9.21 Å². The number of rotatable bonds is 1. The van der Waals surface area contributed by atoms with Gasteiger partial charge >= 0.3 is 0 Å². The zero-order chi connectivity index (χ0) is 12.4. The van der Waals surface area contributed by atoms with E-state index in [1.54, 1.807) is 37.3 Å². The quantitative estimate of drug-likeness (QED) is 0.725. The lowest BCUT2D eigenvalue weighted by molar-refractivity contribution is 0.0944. The molecule has 0 aliphatic heterocycles. The van der Waals surface area contributed by atoms with Gasteiger partial charge in [0.25, 0.3) is 16.3 Å². The van der Waals surface area contributed by atoms with Gasteiger partial charge in [0.15, 0.2) is 0 Å². The molecule has 2 aromatic rings. The lowest BCUT2D eigenvalue weighted by atomic mass is 10.2. The molecule has 0 atom stereocenters. The molecule has 17 heavy (non-hydrogen) atoms. The monoisotopic (exact) mass is 247 g/mol. The van der Waals surface area contributed by atoms with Crippen molar-refractivity contribution in [3.05, 3.63) is 62.9 Å². The maximum absolute atomic E-state index is 12.0. The topological polar surface area (TPSA) is 52.2 Å². The molecule has 1 heterocycles. The number of hydrogen-bond donors (Lipinski definition) is 0. The Hall–Kier alpha value is -2.01. The molecule has 0 saturated heterocycles. The fraction of sp³-hybridized carbons (Fsp3) is 0.0833. The normalized spacial score (nSPS) is 10.2. The van der Waals surface area contributed by atoms with Crippen LogP contribution >= 0.6 is 12.2 Å². The van der Waals surface area contributed by atoms with E-state index in [9.17, 15) is 9.59 Å². The molecule has 0 fully saturated rings. The number of aromatic nitrogens is 1. The highest BCUT2D eigenvalue weighted by Gasteiger charge is 2.12. The van der Waals surface area contributed by atoms with Crippen LogP contribution in [-0.4, -0.2) is 10.5 Å². The van der Waals surface area contributed by atoms with Crippen molar-refractivity contribution in [2.75, 3.05) is 0 Å². The van der Waals surface area contributed by atoms with Gasteiger partial charge in [-0.1, -0.05) is 18.2 Å². The Morgan fingerprint density at radius 2 is 1.94 bits per heavy atom. The smallest absolute Gasteiger partial charge is 0.278 e. The lowest BCUT2D eigenvalue weighted by Crippen LogP contribution is -2.27. The summed E-state index contributed by atoms with van der Waals surface area (Å²) in [5.74, 6) is -0.0959. The van der Waals surface area contributed by atoms with Crippen LogP contribution in [0.5, 0.6) is 0 Å². The summed E-state index contributed by atoms with van der Waals surface area (Å²) in [5.41, 5.74) is -0.0904. The second-order valence-corrected chi connectivity index (χ2v) is 3.82. The van der Waals surface area contributed by atoms with E-state index in [2.05, 4.69) is 0 Å². The van der Waals surface area contributed by atoms with Crippen molar-refractivity contribution in [3.8, 4) is 0 Å². The molecular formula is C12H9NO3S. The van der Waals surface area contributed by atoms with E-state index >= 15 is 0 Å². The van der Waals surface area contributed by atoms with Gasteiger partial charge in [-0.05, 0) is 31.3 Å². The second-order valence-electron chi connectivity index (χ2n) is 3.47. The fourth-order valence-electron chi connectivity index (χ4n) is 1.43. The van der Waals surface area contributed by atoms with Crippen LogP contribution < -0.4 is 5.56 Å². The van der Waals surface area contributed by atoms with Crippen molar-refractivity contribution >= 4 is 18.1 Å². The van der Waals surface area contributed by atoms with Crippen LogP contribution in [0.1, 0.15) is 16.1 Å². The van der Waals surface area contributed by atoms with Gasteiger partial charge in [0.1, 0.15) is 5.76 Å². The molecule has 86 valence electrons. The number of nitrogens with zero attached hydrogens (tertiary/aromatic N) is 1. The average Bonchev–Trinajstić information content (AvgIpc) is 2.28. The highest BCUT2D eigenvalue weighted by molar-refractivity contribution is 7.71. The maximum atomic E-state index is 12.0. The van der Waals surface area contributed by atoms with E-state index in [0.29, 0.717) is 11.3 Å². The first kappa shape index (κ1) is 11.5. The third kappa shape index (κ3) is 2.24. The van der Waals surface area contributed by atoms with Crippen molar-refractivity contribution in [1.82, 2.24) is 4.57 Å². The van der Waals surface area contributed by atoms with Crippen molar-refractivity contribution in [3.63, 3.8) is 0 Å². The van der Waals surface area contributed by atoms with Gasteiger partial charge in [-0.2, -0.15) is 0 Å². The Bertz CT molecular complexity index is 639. The van der Waals surface area contributed by atoms with E-state index in [-0.39, 0.29) is 4.84 Å². The predicted octanol–water partition coefficient (Wildman–Crippen LogP) is 2.17. The van der Waals surface area contributed by atoms with Gasteiger partial charge in [-0.3, -0.25) is 9.59 Å². The van der Waals surface area contributed by atoms with E-state index in [1.807, 2.05) is 0 Å². The Morgan fingerprint density at radius 3 is 2.53 bits per heavy atom. The summed E-state index contributed by atoms with van der Waals surface area (Å²) >= 11 is 4.88. The van der Waals surface area contributed by atoms with Gasteiger partial charge in [0.2, 0.25) is 0 Å². The molecule has 1 aromatic carbocycles. The molecule has 0 spiro atoms. The summed E-state index contributed by atoms with van der Waals surface area (Å²) in [6.07, 6.45) is 0. The van der Waals surface area contributed by atoms with Crippen LogP contribution in [0.3, 0.4) is 0 Å². The number of carbonyl (C=O) groups excluding carboxylic acids is 1. The number of benzene rings is 1. The Balaban J connectivity index is 2.61. The van der Waals surface area contributed by atoms with Crippen LogP contribution in [0.4, 0.5) is 0 Å². The van der Waals surface area contributed by atoms with Gasteiger partial charge in [0, 0.05) is 11.6 Å². The van der Waals surface area contributed by atoms with Crippen LogP contribution in [0.25, 0.3) is 0 Å². The van der Waals surface area contributed by atoms with Crippen molar-refractivity contribution in [1.29, 1.82) is 0 Å². The summed E-state index contributed by atoms with van der Waals surface area (Å²) in [6, 6.07) is 9.68. The van der Waals surface area contributed by atoms with Gasteiger partial charge in [-0.25, -0.2) is 4.57 Å². The molecule has 1 aromatic heterocycles. The van der Waals surface area contributed by atoms with E-state index in [0.717, 1.165) is 4.57 Å². The van der Waals surface area contributed by atoms with Crippen LogP contribution in [-0.2, 0) is 0 Å². The highest BCUT2D eigenvalue weighted by Crippen LogP contribution is 2.03. The van der Waals surface area contributed by atoms with E-state index < -0.39 is 11.5 Å². The maximum Gasteiger partial charge on any atom is 0.278 e. The molecule has 0 bridgehead atoms. The molecule has 2 rings (SSSR count). The second kappa shape index (κ2) is 4.47. The standard InChI is InChI=1S/C12H9NO3S/c1-8-7-10(14)13(12(17)16-8)11(15)9-5-3-2-4-6-9/h2-7H,1H3. The molecule has 0 saturated carbocycles. The minimum absolute atomic E-state index is 0.135. The third-order valence-electron chi connectivity index (χ3n) is 2.20. The lowest BCUT2D eigenvalue weighted by Gasteiger charge is -2.03. The summed E-state index contributed by atoms with van der Waals surface area (Å²) < 4.78 is 5.93. The molecule has 4 nitrogen and oxygen atoms in total. The van der Waals surface area contributed by atoms with Gasteiger partial charge < -0.3 is 4.42 Å². The summed E-state index contributed by atoms with van der Waals surface area (Å²) in [5, 5.41) is 0. The summed E-state index contributed by atoms with van der Waals surface area (Å²) in [6.45, 7) is 1.61. The number of aryl methyl sites for hydroxylation is 1. The van der Waals surface area contributed by atoms with Gasteiger partial charge in [0.05, 0.1) is 0 Å². The molecule has 0 radical (unpaired) electrons. The zero-order valence-electron chi connectivity index (χ0n) is 9.04. The summed E-state index contributed by atoms with van der Waals surface area (Å²) in [7, 11) is 0. The first-order valence-corrected chi connectivity index (χ1v) is 5.34. The van der Waals surface area contributed by atoms with Gasteiger partial charge in [-0.15, -0.1) is 0 Å². The van der Waals surface area contributed by atoms with E-state index in [4.69, 9.17) is 16.6 Å². The van der Waals surface area contributed by atoms with E-state index in [1.165, 1.54) is 6.07 Å². The highest BCUT2D eigenvalue weighted by atomic mass is 32.1. The first-order chi connectivity index (χ1) is 8.09. The fourth-order valence-corrected chi connectivity index (χ4v) is 1.74. The Kier molecular flexibility index (Phi) is 3.01. The molecule has 0 aliphatic rings. The molecular weight excluding hydrogens is 238 g/mol. The average molecular weight is 247 g/mol. The predicted molar refractivity (Wildman–Crippen MR) is 64.7 cm³/mol. The Morgan fingerprint density at radius 1 is 1.29 bits per heavy atom. The largest absolute Gasteiger partial charge is 0.436 e. The van der Waals surface area contributed by atoms with Crippen molar-refractivity contribution in [2.45, 2.75) is 6.92 Å². The van der Waals surface area contributed by atoms with Crippen LogP contribution in [0, 0.1) is 11.8 Å². The molecule has 0 unspecified atom stereocenters. The molecule has 5 heteroatoms. The SMILES string of the molecule is Cc1cc(=O)n(C(=O)c2ccccc2)c(=S)o1. The molecule has 0 amide bonds. The number of hydrogen-bond acceptors (Lipinski definition) is 4. The Labute approximate surface area is 102 Å². The minimum Gasteiger partial charge on any atom is -0.436 e. The minimum atomic E-state index is -0.482.